The summed E-state index contributed by atoms with van der Waals surface area (Å²) in [5.74, 6) is -1.71. The highest BCUT2D eigenvalue weighted by atomic mass is 32.2. The highest BCUT2D eigenvalue weighted by Gasteiger charge is 2.27. The van der Waals surface area contributed by atoms with E-state index in [9.17, 15) is 18.5 Å². The largest absolute Gasteiger partial charge is 0.587 e. The summed E-state index contributed by atoms with van der Waals surface area (Å²) < 4.78 is 27.6. The Morgan fingerprint density at radius 2 is 2.04 bits per heavy atom. The first-order chi connectivity index (χ1) is 12.9. The van der Waals surface area contributed by atoms with Gasteiger partial charge in [0.15, 0.2) is 0 Å². The first-order valence-electron chi connectivity index (χ1n) is 7.52. The lowest BCUT2D eigenvalue weighted by Gasteiger charge is -2.20. The minimum absolute atomic E-state index is 0.0414. The Kier molecular flexibility index (Phi) is 5.44. The molecule has 0 radical (unpaired) electrons. The predicted octanol–water partition coefficient (Wildman–Crippen LogP) is 2.12. The van der Waals surface area contributed by atoms with Gasteiger partial charge in [0.05, 0.1) is 18.3 Å². The summed E-state index contributed by atoms with van der Waals surface area (Å²) in [5.41, 5.74) is 6.06. The Hall–Kier alpha value is -2.89. The van der Waals surface area contributed by atoms with Crippen LogP contribution in [-0.4, -0.2) is 33.6 Å². The van der Waals surface area contributed by atoms with Crippen molar-refractivity contribution in [3.63, 3.8) is 0 Å². The van der Waals surface area contributed by atoms with Crippen molar-refractivity contribution in [2.75, 3.05) is 16.7 Å². The first-order valence-corrected chi connectivity index (χ1v) is 9.45. The molecule has 1 atom stereocenters. The highest BCUT2D eigenvalue weighted by molar-refractivity contribution is 7.94. The van der Waals surface area contributed by atoms with Gasteiger partial charge < -0.3 is 15.6 Å². The molecular formula is C16H14FN5O3S2. The molecule has 11 heteroatoms. The molecule has 27 heavy (non-hydrogen) atoms. The topological polar surface area (TPSA) is 127 Å². The van der Waals surface area contributed by atoms with E-state index in [1.807, 2.05) is 0 Å². The number of H-pyrrole nitrogens is 1. The zero-order valence-corrected chi connectivity index (χ0v) is 15.6. The van der Waals surface area contributed by atoms with E-state index in [2.05, 4.69) is 15.5 Å². The molecule has 0 fully saturated rings. The Labute approximate surface area is 160 Å². The summed E-state index contributed by atoms with van der Waals surface area (Å²) in [7, 11) is 1.56. The first kappa shape index (κ1) is 18.9. The number of hydrogen-bond donors (Lipinski definition) is 3. The number of halogens is 1. The van der Waals surface area contributed by atoms with Crippen molar-refractivity contribution in [2.45, 2.75) is 4.21 Å². The summed E-state index contributed by atoms with van der Waals surface area (Å²) in [6.45, 7) is 0. The minimum atomic E-state index is -1.69. The zero-order valence-electron chi connectivity index (χ0n) is 13.9. The van der Waals surface area contributed by atoms with Crippen molar-refractivity contribution >= 4 is 45.2 Å². The summed E-state index contributed by atoms with van der Waals surface area (Å²) >= 11 is -0.734. The van der Waals surface area contributed by atoms with Crippen molar-refractivity contribution < 1.29 is 18.5 Å². The van der Waals surface area contributed by atoms with E-state index in [-0.39, 0.29) is 16.3 Å². The third-order valence-electron chi connectivity index (χ3n) is 3.55. The van der Waals surface area contributed by atoms with E-state index in [4.69, 9.17) is 5.73 Å². The van der Waals surface area contributed by atoms with Crippen LogP contribution in [-0.2, 0) is 11.4 Å². The van der Waals surface area contributed by atoms with Gasteiger partial charge in [0, 0.05) is 12.3 Å². The molecule has 1 unspecified atom stereocenters. The molecular weight excluding hydrogens is 393 g/mol. The number of nitrogens with two attached hydrogens (primary N) is 1. The molecule has 0 aliphatic heterocycles. The van der Waals surface area contributed by atoms with Gasteiger partial charge in [-0.1, -0.05) is 11.3 Å². The van der Waals surface area contributed by atoms with E-state index >= 15 is 0 Å². The monoisotopic (exact) mass is 407 g/mol. The van der Waals surface area contributed by atoms with Gasteiger partial charge in [-0.15, -0.1) is 0 Å². The number of thiophene rings is 1. The van der Waals surface area contributed by atoms with Gasteiger partial charge in [-0.25, -0.2) is 4.39 Å². The van der Waals surface area contributed by atoms with E-state index in [1.54, 1.807) is 7.05 Å². The number of nitrogens with one attached hydrogen (secondary N) is 2. The smallest absolute Gasteiger partial charge is 0.276 e. The molecule has 0 spiro atoms. The molecule has 140 valence electrons. The van der Waals surface area contributed by atoms with Gasteiger partial charge in [-0.05, 0) is 30.3 Å². The number of carbonyl (C=O) groups is 2. The molecule has 3 aromatic rings. The molecule has 1 aromatic carbocycles. The number of nitrogens with zero attached hydrogens (tertiary/aromatic N) is 2. The maximum atomic E-state index is 13.1. The molecule has 3 rings (SSSR count). The molecule has 0 aliphatic carbocycles. The number of rotatable bonds is 6. The number of benzene rings is 1. The van der Waals surface area contributed by atoms with Crippen LogP contribution in [0.5, 0.6) is 0 Å². The molecule has 2 aromatic heterocycles. The van der Waals surface area contributed by atoms with Crippen molar-refractivity contribution in [2.24, 2.45) is 5.73 Å². The van der Waals surface area contributed by atoms with Crippen LogP contribution < -0.4 is 15.4 Å². The number of amides is 2. The van der Waals surface area contributed by atoms with E-state index < -0.39 is 29.0 Å². The summed E-state index contributed by atoms with van der Waals surface area (Å²) in [4.78, 5) is 23.9. The molecule has 0 saturated heterocycles. The SMILES string of the molecule is CN(c1ccc(F)cc1)[S+]([O-])c1cc(C(N)=O)c(NC(=O)c2cc[nH]n2)s1. The highest BCUT2D eigenvalue weighted by Crippen LogP contribution is 2.34. The van der Waals surface area contributed by atoms with Crippen molar-refractivity contribution in [1.82, 2.24) is 10.2 Å². The van der Waals surface area contributed by atoms with Crippen LogP contribution in [0.1, 0.15) is 20.8 Å². The van der Waals surface area contributed by atoms with Crippen molar-refractivity contribution in [3.8, 4) is 0 Å². The molecule has 2 heterocycles. The predicted molar refractivity (Wildman–Crippen MR) is 101 cm³/mol. The summed E-state index contributed by atoms with van der Waals surface area (Å²) in [5, 5.41) is 8.99. The van der Waals surface area contributed by atoms with Crippen molar-refractivity contribution in [1.29, 1.82) is 0 Å². The van der Waals surface area contributed by atoms with Crippen molar-refractivity contribution in [3.05, 3.63) is 59.7 Å². The molecule has 0 saturated carbocycles. The number of carbonyl (C=O) groups excluding carboxylic acids is 2. The Bertz CT molecular complexity index is 959. The van der Waals surface area contributed by atoms with E-state index in [0.717, 1.165) is 11.3 Å². The van der Waals surface area contributed by atoms with Crippen LogP contribution in [0.15, 0.2) is 46.8 Å². The quantitative estimate of drug-likeness (QED) is 0.540. The molecule has 0 bridgehead atoms. The molecule has 0 aliphatic rings. The van der Waals surface area contributed by atoms with Crippen LogP contribution in [0.4, 0.5) is 15.1 Å². The fourth-order valence-electron chi connectivity index (χ4n) is 2.17. The lowest BCUT2D eigenvalue weighted by molar-refractivity contribution is 0.100. The normalized spacial score (nSPS) is 11.8. The molecule has 2 amide bonds. The summed E-state index contributed by atoms with van der Waals surface area (Å²) in [6, 6.07) is 8.30. The van der Waals surface area contributed by atoms with Gasteiger partial charge in [0.2, 0.25) is 4.21 Å². The lowest BCUT2D eigenvalue weighted by Crippen LogP contribution is -2.25. The Morgan fingerprint density at radius 1 is 1.33 bits per heavy atom. The fourth-order valence-corrected chi connectivity index (χ4v) is 4.63. The van der Waals surface area contributed by atoms with Crippen LogP contribution in [0, 0.1) is 5.82 Å². The Balaban J connectivity index is 1.86. The van der Waals surface area contributed by atoms with Crippen LogP contribution in [0.3, 0.4) is 0 Å². The number of anilines is 2. The average Bonchev–Trinajstić information content (AvgIpc) is 3.31. The molecule has 8 nitrogen and oxygen atoms in total. The minimum Gasteiger partial charge on any atom is -0.587 e. The maximum absolute atomic E-state index is 13.1. The second kappa shape index (κ2) is 7.78. The van der Waals surface area contributed by atoms with E-state index in [0.29, 0.717) is 9.90 Å². The maximum Gasteiger partial charge on any atom is 0.276 e. The van der Waals surface area contributed by atoms with Gasteiger partial charge in [-0.3, -0.25) is 14.7 Å². The number of hydrogen-bond acceptors (Lipinski definition) is 6. The Morgan fingerprint density at radius 3 is 2.63 bits per heavy atom. The standard InChI is InChI=1S/C16H14FN5O3S2/c1-22(10-4-2-9(17)3-5-10)27(25)13-8-11(14(18)23)16(26-13)20-15(24)12-6-7-19-21-12/h2-8H,1H3,(H2,18,23)(H,19,21)(H,20,24). The van der Waals surface area contributed by atoms with Crippen LogP contribution >= 0.6 is 11.3 Å². The zero-order chi connectivity index (χ0) is 19.6. The van der Waals surface area contributed by atoms with Crippen LogP contribution in [0.2, 0.25) is 0 Å². The molecule has 4 N–H and O–H groups in total. The number of aromatic nitrogens is 2. The lowest BCUT2D eigenvalue weighted by atomic mass is 10.3. The van der Waals surface area contributed by atoms with E-state index in [1.165, 1.54) is 46.9 Å². The van der Waals surface area contributed by atoms with Gasteiger partial charge in [-0.2, -0.15) is 9.40 Å². The van der Waals surface area contributed by atoms with Gasteiger partial charge in [0.25, 0.3) is 11.8 Å². The second-order valence-corrected chi connectivity index (χ2v) is 8.11. The second-order valence-electron chi connectivity index (χ2n) is 5.31. The summed E-state index contributed by atoms with van der Waals surface area (Å²) in [6.07, 6.45) is 1.48. The third-order valence-corrected chi connectivity index (χ3v) is 6.24. The van der Waals surface area contributed by atoms with Crippen LogP contribution in [0.25, 0.3) is 0 Å². The van der Waals surface area contributed by atoms with Gasteiger partial charge >= 0.3 is 0 Å². The average molecular weight is 407 g/mol. The number of primary amides is 1. The third kappa shape index (κ3) is 4.10. The number of aromatic amines is 1. The van der Waals surface area contributed by atoms with Gasteiger partial charge in [0.1, 0.15) is 27.9 Å². The fraction of sp³-hybridized carbons (Fsp3) is 0.0625.